The Morgan fingerprint density at radius 2 is 1.69 bits per heavy atom. The predicted octanol–water partition coefficient (Wildman–Crippen LogP) is 3.38. The molecule has 0 aromatic rings. The van der Waals surface area contributed by atoms with Crippen molar-refractivity contribution in [2.75, 3.05) is 13.1 Å². The molecule has 16 heavy (non-hydrogen) atoms. The van der Waals surface area contributed by atoms with Crippen LogP contribution < -0.4 is 0 Å². The molecular formula is C14H31NSi. The third-order valence-electron chi connectivity index (χ3n) is 4.16. The molecule has 0 saturated carbocycles. The maximum absolute atomic E-state index is 2.89. The molecular weight excluding hydrogens is 210 g/mol. The van der Waals surface area contributed by atoms with E-state index in [0.717, 1.165) is 5.16 Å². The Morgan fingerprint density at radius 1 is 1.00 bits per heavy atom. The molecule has 0 bridgehead atoms. The summed E-state index contributed by atoms with van der Waals surface area (Å²) < 4.78 is 0. The number of hydrogen-bond donors (Lipinski definition) is 0. The lowest BCUT2D eigenvalue weighted by molar-refractivity contribution is 0.129. The summed E-state index contributed by atoms with van der Waals surface area (Å²) in [5.74, 6) is 0. The van der Waals surface area contributed by atoms with E-state index in [9.17, 15) is 0 Å². The van der Waals surface area contributed by atoms with Gasteiger partial charge in [-0.2, -0.15) is 0 Å². The van der Waals surface area contributed by atoms with Gasteiger partial charge in [0.15, 0.2) is 0 Å². The van der Waals surface area contributed by atoms with Crippen molar-refractivity contribution in [2.24, 2.45) is 0 Å². The summed E-state index contributed by atoms with van der Waals surface area (Å²) in [6, 6.07) is 1.60. The Kier molecular flexibility index (Phi) is 6.67. The molecule has 0 spiro atoms. The van der Waals surface area contributed by atoms with Gasteiger partial charge < -0.3 is 4.90 Å². The zero-order valence-corrected chi connectivity index (χ0v) is 13.1. The molecule has 0 amide bonds. The summed E-state index contributed by atoms with van der Waals surface area (Å²) in [6.07, 6.45) is 10.1. The molecule has 0 aromatic heterocycles. The van der Waals surface area contributed by atoms with Gasteiger partial charge in [0.25, 0.3) is 0 Å². The predicted molar refractivity (Wildman–Crippen MR) is 77.0 cm³/mol. The Hall–Kier alpha value is 0.177. The van der Waals surface area contributed by atoms with Gasteiger partial charge in [0.2, 0.25) is 0 Å². The minimum absolute atomic E-state index is 0.142. The second-order valence-corrected chi connectivity index (χ2v) is 8.05. The van der Waals surface area contributed by atoms with Crippen molar-refractivity contribution < 1.29 is 0 Å². The van der Waals surface area contributed by atoms with Crippen LogP contribution in [-0.2, 0) is 0 Å². The van der Waals surface area contributed by atoms with Crippen LogP contribution in [0.4, 0.5) is 0 Å². The van der Waals surface area contributed by atoms with E-state index in [1.54, 1.807) is 6.04 Å². The zero-order valence-electron chi connectivity index (χ0n) is 11.7. The molecule has 96 valence electrons. The molecule has 1 nitrogen and oxygen atoms in total. The molecule has 0 aliphatic carbocycles. The first-order valence-corrected chi connectivity index (χ1v) is 9.25. The number of hydrogen-bond acceptors (Lipinski definition) is 1. The van der Waals surface area contributed by atoms with Crippen LogP contribution >= 0.6 is 0 Å². The van der Waals surface area contributed by atoms with Crippen LogP contribution in [0.3, 0.4) is 0 Å². The van der Waals surface area contributed by atoms with Gasteiger partial charge in [-0.25, -0.2) is 0 Å². The fraction of sp³-hybridized carbons (Fsp3) is 1.00. The van der Waals surface area contributed by atoms with Crippen LogP contribution in [0.15, 0.2) is 0 Å². The first-order valence-electron chi connectivity index (χ1n) is 7.54. The lowest BCUT2D eigenvalue weighted by atomic mass is 10.0. The minimum atomic E-state index is 0.142. The van der Waals surface area contributed by atoms with Gasteiger partial charge in [-0.1, -0.05) is 46.1 Å². The van der Waals surface area contributed by atoms with Gasteiger partial charge >= 0.3 is 0 Å². The Labute approximate surface area is 105 Å². The molecule has 1 fully saturated rings. The monoisotopic (exact) mass is 241 g/mol. The summed E-state index contributed by atoms with van der Waals surface area (Å²) in [5, 5.41) is 0.721. The van der Waals surface area contributed by atoms with E-state index in [1.165, 1.54) is 58.0 Å². The van der Waals surface area contributed by atoms with E-state index >= 15 is 0 Å². The highest BCUT2D eigenvalue weighted by Crippen LogP contribution is 2.32. The summed E-state index contributed by atoms with van der Waals surface area (Å²) in [4.78, 5) is 2.89. The van der Waals surface area contributed by atoms with Crippen molar-refractivity contribution in [3.8, 4) is 0 Å². The quantitative estimate of drug-likeness (QED) is 0.618. The zero-order chi connectivity index (χ0) is 11.9. The van der Waals surface area contributed by atoms with Crippen molar-refractivity contribution in [1.82, 2.24) is 4.90 Å². The van der Waals surface area contributed by atoms with E-state index in [-0.39, 0.29) is 9.52 Å². The van der Waals surface area contributed by atoms with E-state index in [1.807, 2.05) is 0 Å². The highest BCUT2D eigenvalue weighted by Gasteiger charge is 2.36. The van der Waals surface area contributed by atoms with Gasteiger partial charge in [-0.05, 0) is 38.8 Å². The molecule has 1 aliphatic rings. The number of rotatable bonds is 7. The highest BCUT2D eigenvalue weighted by molar-refractivity contribution is 6.40. The number of nitrogens with zero attached hydrogens (tertiary/aromatic N) is 1. The van der Waals surface area contributed by atoms with Crippen LogP contribution in [0.2, 0.25) is 6.04 Å². The molecule has 1 saturated heterocycles. The van der Waals surface area contributed by atoms with Crippen molar-refractivity contribution >= 4 is 9.52 Å². The lowest BCUT2D eigenvalue weighted by Gasteiger charge is -2.47. The second kappa shape index (κ2) is 7.49. The first kappa shape index (κ1) is 14.2. The summed E-state index contributed by atoms with van der Waals surface area (Å²) >= 11 is 0. The van der Waals surface area contributed by atoms with Crippen LogP contribution in [0.1, 0.15) is 65.7 Å². The average molecular weight is 241 g/mol. The van der Waals surface area contributed by atoms with Crippen molar-refractivity contribution in [3.05, 3.63) is 0 Å². The van der Waals surface area contributed by atoms with Crippen molar-refractivity contribution in [3.63, 3.8) is 0 Å². The van der Waals surface area contributed by atoms with Gasteiger partial charge in [0.1, 0.15) is 0 Å². The maximum Gasteiger partial charge on any atom is 0.0447 e. The average Bonchev–Trinajstić information content (AvgIpc) is 2.30. The third-order valence-corrected chi connectivity index (χ3v) is 7.10. The van der Waals surface area contributed by atoms with Gasteiger partial charge in [-0.15, -0.1) is 0 Å². The largest absolute Gasteiger partial charge is 0.301 e. The Morgan fingerprint density at radius 3 is 2.12 bits per heavy atom. The Balaban J connectivity index is 2.69. The molecule has 0 radical (unpaired) electrons. The standard InChI is InChI=1S/C14H31NSi/c1-4-9-14(10-7-8-13-16-14)15(11-5-2)12-6-3/h4-13,16H2,1-3H3. The fourth-order valence-electron chi connectivity index (χ4n) is 3.53. The van der Waals surface area contributed by atoms with Gasteiger partial charge in [0.05, 0.1) is 0 Å². The van der Waals surface area contributed by atoms with E-state index in [2.05, 4.69) is 25.7 Å². The Bertz CT molecular complexity index is 164. The molecule has 1 unspecified atom stereocenters. The summed E-state index contributed by atoms with van der Waals surface area (Å²) in [6.45, 7) is 9.75. The van der Waals surface area contributed by atoms with Crippen molar-refractivity contribution in [2.45, 2.75) is 76.9 Å². The topological polar surface area (TPSA) is 3.24 Å². The lowest BCUT2D eigenvalue weighted by Crippen LogP contribution is -2.55. The second-order valence-electron chi connectivity index (χ2n) is 5.52. The third kappa shape index (κ3) is 3.59. The van der Waals surface area contributed by atoms with Gasteiger partial charge in [-0.3, -0.25) is 0 Å². The van der Waals surface area contributed by atoms with Gasteiger partial charge in [0, 0.05) is 14.7 Å². The van der Waals surface area contributed by atoms with Crippen LogP contribution in [0.5, 0.6) is 0 Å². The minimum Gasteiger partial charge on any atom is -0.301 e. The fourth-order valence-corrected chi connectivity index (χ4v) is 6.52. The summed E-state index contributed by atoms with van der Waals surface area (Å²) in [5.41, 5.74) is 0. The smallest absolute Gasteiger partial charge is 0.0447 e. The SMILES string of the molecule is CCCN(CCC)C1(CCC)CCCC[SiH2]1. The highest BCUT2D eigenvalue weighted by atomic mass is 28.2. The molecule has 1 rings (SSSR count). The molecule has 1 heterocycles. The molecule has 2 heteroatoms. The first-order chi connectivity index (χ1) is 7.79. The van der Waals surface area contributed by atoms with Crippen LogP contribution in [0, 0.1) is 0 Å². The van der Waals surface area contributed by atoms with E-state index in [4.69, 9.17) is 0 Å². The molecule has 1 atom stereocenters. The normalized spacial score (nSPS) is 27.8. The molecule has 0 N–H and O–H groups in total. The van der Waals surface area contributed by atoms with E-state index < -0.39 is 0 Å². The molecule has 0 aromatic carbocycles. The van der Waals surface area contributed by atoms with E-state index in [0.29, 0.717) is 0 Å². The van der Waals surface area contributed by atoms with Crippen molar-refractivity contribution in [1.29, 1.82) is 0 Å². The maximum atomic E-state index is 2.89. The van der Waals surface area contributed by atoms with Crippen LogP contribution in [0.25, 0.3) is 0 Å². The summed E-state index contributed by atoms with van der Waals surface area (Å²) in [7, 11) is 0.142. The molecule has 1 aliphatic heterocycles. The van der Waals surface area contributed by atoms with Crippen LogP contribution in [-0.4, -0.2) is 32.7 Å².